The van der Waals surface area contributed by atoms with E-state index in [1.54, 1.807) is 19.1 Å². The van der Waals surface area contributed by atoms with Gasteiger partial charge < -0.3 is 14.2 Å². The molecule has 1 amide bonds. The Morgan fingerprint density at radius 2 is 1.91 bits per heavy atom. The maximum absolute atomic E-state index is 13.6. The molecule has 35 heavy (non-hydrogen) atoms. The van der Waals surface area contributed by atoms with Gasteiger partial charge in [-0.2, -0.15) is 5.10 Å². The van der Waals surface area contributed by atoms with Gasteiger partial charge in [-0.05, 0) is 61.7 Å². The summed E-state index contributed by atoms with van der Waals surface area (Å²) in [5, 5.41) is 6.17. The number of piperidine rings is 1. The van der Waals surface area contributed by atoms with Crippen LogP contribution in [0.25, 0.3) is 0 Å². The van der Waals surface area contributed by atoms with Crippen LogP contribution in [0.1, 0.15) is 49.8 Å². The third-order valence-corrected chi connectivity index (χ3v) is 6.64. The van der Waals surface area contributed by atoms with E-state index in [4.69, 9.17) is 14.2 Å². The third kappa shape index (κ3) is 4.86. The third-order valence-electron chi connectivity index (χ3n) is 6.64. The molecule has 1 fully saturated rings. The van der Waals surface area contributed by atoms with E-state index < -0.39 is 6.04 Å². The highest BCUT2D eigenvalue weighted by Gasteiger charge is 2.37. The lowest BCUT2D eigenvalue weighted by Gasteiger charge is -2.34. The van der Waals surface area contributed by atoms with Crippen LogP contribution in [-0.4, -0.2) is 60.0 Å². The van der Waals surface area contributed by atoms with Crippen molar-refractivity contribution in [3.05, 3.63) is 59.4 Å². The van der Waals surface area contributed by atoms with Gasteiger partial charge in [-0.1, -0.05) is 24.6 Å². The molecule has 2 aromatic carbocycles. The van der Waals surface area contributed by atoms with Crippen molar-refractivity contribution in [2.45, 2.75) is 44.7 Å². The topological polar surface area (TPSA) is 80.7 Å². The largest absolute Gasteiger partial charge is 0.465 e. The fourth-order valence-corrected chi connectivity index (χ4v) is 4.87. The zero-order valence-electron chi connectivity index (χ0n) is 19.6. The molecule has 0 unspecified atom stereocenters. The highest BCUT2D eigenvalue weighted by molar-refractivity contribution is 6.03. The molecule has 0 aromatic heterocycles. The van der Waals surface area contributed by atoms with E-state index in [1.165, 1.54) is 17.1 Å². The predicted octanol–water partition coefficient (Wildman–Crippen LogP) is 3.65. The fraction of sp³-hybridized carbons (Fsp3) is 0.423. The second-order valence-corrected chi connectivity index (χ2v) is 8.86. The number of esters is 1. The number of carbonyl (C=O) groups excluding carboxylic acids is 2. The second kappa shape index (κ2) is 10.0. The van der Waals surface area contributed by atoms with Gasteiger partial charge in [0.25, 0.3) is 5.91 Å². The summed E-state index contributed by atoms with van der Waals surface area (Å²) in [7, 11) is 0. The van der Waals surface area contributed by atoms with E-state index in [2.05, 4.69) is 5.10 Å². The van der Waals surface area contributed by atoms with Gasteiger partial charge >= 0.3 is 5.97 Å². The molecule has 0 saturated carbocycles. The summed E-state index contributed by atoms with van der Waals surface area (Å²) < 4.78 is 29.7. The quantitative estimate of drug-likeness (QED) is 0.586. The zero-order chi connectivity index (χ0) is 24.4. The molecular weight excluding hydrogens is 453 g/mol. The van der Waals surface area contributed by atoms with Crippen LogP contribution in [0, 0.1) is 5.82 Å². The van der Waals surface area contributed by atoms with Gasteiger partial charge in [0.1, 0.15) is 11.9 Å². The second-order valence-electron chi connectivity index (χ2n) is 8.86. The van der Waals surface area contributed by atoms with Crippen LogP contribution in [0.5, 0.6) is 11.5 Å². The molecule has 5 rings (SSSR count). The van der Waals surface area contributed by atoms with Crippen molar-refractivity contribution in [1.82, 2.24) is 9.91 Å². The van der Waals surface area contributed by atoms with Crippen molar-refractivity contribution < 1.29 is 28.2 Å². The van der Waals surface area contributed by atoms with Crippen LogP contribution >= 0.6 is 0 Å². The van der Waals surface area contributed by atoms with Crippen molar-refractivity contribution in [3.8, 4) is 11.5 Å². The van der Waals surface area contributed by atoms with E-state index in [9.17, 15) is 14.0 Å². The number of rotatable bonds is 6. The van der Waals surface area contributed by atoms with Crippen LogP contribution in [0.3, 0.4) is 0 Å². The summed E-state index contributed by atoms with van der Waals surface area (Å²) in [5.41, 5.74) is 2.32. The molecule has 3 aliphatic rings. The fourth-order valence-electron chi connectivity index (χ4n) is 4.87. The number of likely N-dealkylation sites (tertiary alicyclic amines) is 1. The van der Waals surface area contributed by atoms with E-state index in [-0.39, 0.29) is 37.1 Å². The monoisotopic (exact) mass is 481 g/mol. The molecule has 184 valence electrons. The molecular formula is C26H28FN3O5. The van der Waals surface area contributed by atoms with E-state index in [0.29, 0.717) is 43.2 Å². The zero-order valence-corrected chi connectivity index (χ0v) is 19.6. The van der Waals surface area contributed by atoms with Crippen LogP contribution in [0.4, 0.5) is 4.39 Å². The molecule has 8 nitrogen and oxygen atoms in total. The smallest absolute Gasteiger partial charge is 0.323 e. The molecule has 3 heterocycles. The standard InChI is InChI=1S/C26H28FN3O5/c1-2-33-26(32)21-5-3-4-12-29(21)15-25(31)30-22(18-8-11-23-24(13-18)35-16-34-23)14-20(28-30)17-6-9-19(27)10-7-17/h6-11,13,21-22H,2-5,12,14-16H2,1H3/t21-,22-/m0/s1. The van der Waals surface area contributed by atoms with Gasteiger partial charge in [-0.15, -0.1) is 0 Å². The van der Waals surface area contributed by atoms with E-state index >= 15 is 0 Å². The molecule has 0 bridgehead atoms. The van der Waals surface area contributed by atoms with Crippen molar-refractivity contribution in [2.75, 3.05) is 26.5 Å². The van der Waals surface area contributed by atoms with E-state index in [1.807, 2.05) is 23.1 Å². The van der Waals surface area contributed by atoms with Gasteiger partial charge in [0.15, 0.2) is 11.5 Å². The highest BCUT2D eigenvalue weighted by atomic mass is 19.1. The summed E-state index contributed by atoms with van der Waals surface area (Å²) >= 11 is 0. The molecule has 1 saturated heterocycles. The lowest BCUT2D eigenvalue weighted by molar-refractivity contribution is -0.152. The molecule has 0 spiro atoms. The number of fused-ring (bicyclic) bond motifs is 1. The Labute approximate surface area is 203 Å². The van der Waals surface area contributed by atoms with Crippen molar-refractivity contribution in [1.29, 1.82) is 0 Å². The molecule has 0 N–H and O–H groups in total. The van der Waals surface area contributed by atoms with Crippen molar-refractivity contribution in [2.24, 2.45) is 5.10 Å². The first-order valence-corrected chi connectivity index (χ1v) is 12.0. The Kier molecular flexibility index (Phi) is 6.68. The first kappa shape index (κ1) is 23.3. The first-order chi connectivity index (χ1) is 17.0. The lowest BCUT2D eigenvalue weighted by atomic mass is 9.98. The Bertz CT molecular complexity index is 1140. The Hall–Kier alpha value is -3.46. The maximum atomic E-state index is 13.6. The normalized spacial score (nSPS) is 21.7. The SMILES string of the molecule is CCOC(=O)[C@@H]1CCCCN1CC(=O)N1N=C(c2ccc(F)cc2)C[C@H]1c1ccc2c(c1)OCO2. The summed E-state index contributed by atoms with van der Waals surface area (Å²) in [4.78, 5) is 28.0. The number of carbonyl (C=O) groups is 2. The van der Waals surface area contributed by atoms with Crippen LogP contribution in [0.2, 0.25) is 0 Å². The summed E-state index contributed by atoms with van der Waals surface area (Å²) in [6.45, 7) is 2.95. The Morgan fingerprint density at radius 1 is 1.11 bits per heavy atom. The first-order valence-electron chi connectivity index (χ1n) is 12.0. The van der Waals surface area contributed by atoms with Gasteiger partial charge in [0.05, 0.1) is 24.9 Å². The number of hydrogen-bond acceptors (Lipinski definition) is 7. The number of ether oxygens (including phenoxy) is 3. The predicted molar refractivity (Wildman–Crippen MR) is 126 cm³/mol. The molecule has 9 heteroatoms. The number of benzene rings is 2. The number of nitrogens with zero attached hydrogens (tertiary/aromatic N) is 3. The summed E-state index contributed by atoms with van der Waals surface area (Å²) in [6, 6.07) is 10.9. The van der Waals surface area contributed by atoms with Crippen LogP contribution in [0.15, 0.2) is 47.6 Å². The molecule has 2 atom stereocenters. The lowest BCUT2D eigenvalue weighted by Crippen LogP contribution is -2.49. The van der Waals surface area contributed by atoms with Gasteiger partial charge in [0.2, 0.25) is 6.79 Å². The highest BCUT2D eigenvalue weighted by Crippen LogP contribution is 2.39. The summed E-state index contributed by atoms with van der Waals surface area (Å²) in [6.07, 6.45) is 2.98. The van der Waals surface area contributed by atoms with Gasteiger partial charge in [-0.3, -0.25) is 14.5 Å². The molecule has 0 aliphatic carbocycles. The Balaban J connectivity index is 1.42. The van der Waals surface area contributed by atoms with Crippen molar-refractivity contribution in [3.63, 3.8) is 0 Å². The van der Waals surface area contributed by atoms with Gasteiger partial charge in [0, 0.05) is 6.42 Å². The van der Waals surface area contributed by atoms with Crippen LogP contribution in [-0.2, 0) is 14.3 Å². The maximum Gasteiger partial charge on any atom is 0.323 e. The number of hydrogen-bond donors (Lipinski definition) is 0. The number of amides is 1. The van der Waals surface area contributed by atoms with Gasteiger partial charge in [-0.25, -0.2) is 9.40 Å². The molecule has 2 aromatic rings. The average Bonchev–Trinajstić information content (AvgIpc) is 3.52. The summed E-state index contributed by atoms with van der Waals surface area (Å²) in [5.74, 6) is 0.464. The number of halogens is 1. The Morgan fingerprint density at radius 3 is 2.71 bits per heavy atom. The molecule has 0 radical (unpaired) electrons. The minimum atomic E-state index is -0.431. The average molecular weight is 482 g/mol. The van der Waals surface area contributed by atoms with E-state index in [0.717, 1.165) is 24.0 Å². The molecule has 3 aliphatic heterocycles. The number of hydrazone groups is 1. The minimum absolute atomic E-state index is 0.0602. The minimum Gasteiger partial charge on any atom is -0.465 e. The van der Waals surface area contributed by atoms with Crippen molar-refractivity contribution >= 4 is 17.6 Å². The van der Waals surface area contributed by atoms with Crippen LogP contribution < -0.4 is 9.47 Å².